The van der Waals surface area contributed by atoms with E-state index in [1.54, 1.807) is 12.1 Å². The molecule has 0 spiro atoms. The molecule has 0 radical (unpaired) electrons. The van der Waals surface area contributed by atoms with Gasteiger partial charge in [0.2, 0.25) is 0 Å². The average Bonchev–Trinajstić information content (AvgIpc) is 3.02. The fraction of sp³-hybridized carbons (Fsp3) is 0.176. The quantitative estimate of drug-likeness (QED) is 0.650. The highest BCUT2D eigenvalue weighted by Gasteiger charge is 2.33. The number of hydrogen-bond donors (Lipinski definition) is 3. The Hall–Kier alpha value is -3.23. The maximum Gasteiger partial charge on any atom is 0.433 e. The predicted octanol–water partition coefficient (Wildman–Crippen LogP) is 3.54. The van der Waals surface area contributed by atoms with Gasteiger partial charge in [0.25, 0.3) is 0 Å². The van der Waals surface area contributed by atoms with Gasteiger partial charge in [0.1, 0.15) is 18.1 Å². The molecule has 26 heavy (non-hydrogen) atoms. The van der Waals surface area contributed by atoms with Crippen LogP contribution in [-0.2, 0) is 6.18 Å². The minimum Gasteiger partial charge on any atom is -0.490 e. The molecule has 4 rings (SSSR count). The van der Waals surface area contributed by atoms with Gasteiger partial charge in [0.05, 0.1) is 17.1 Å². The first-order chi connectivity index (χ1) is 12.4. The second kappa shape index (κ2) is 5.94. The highest BCUT2D eigenvalue weighted by molar-refractivity contribution is 5.82. The third kappa shape index (κ3) is 2.92. The Bertz CT molecular complexity index is 967. The van der Waals surface area contributed by atoms with E-state index >= 15 is 0 Å². The molecular formula is C17H14F3N5O. The summed E-state index contributed by atoms with van der Waals surface area (Å²) in [5.41, 5.74) is 7.45. The van der Waals surface area contributed by atoms with Crippen molar-refractivity contribution in [1.29, 1.82) is 0 Å². The van der Waals surface area contributed by atoms with Gasteiger partial charge in [-0.15, -0.1) is 0 Å². The number of ether oxygens (including phenoxy) is 1. The molecule has 1 aliphatic rings. The van der Waals surface area contributed by atoms with Crippen LogP contribution in [0.3, 0.4) is 0 Å². The van der Waals surface area contributed by atoms with Gasteiger partial charge in [-0.05, 0) is 30.3 Å². The van der Waals surface area contributed by atoms with Crippen molar-refractivity contribution in [3.05, 3.63) is 42.2 Å². The Morgan fingerprint density at radius 3 is 2.77 bits per heavy atom. The van der Waals surface area contributed by atoms with Gasteiger partial charge in [0.15, 0.2) is 5.95 Å². The first-order valence-electron chi connectivity index (χ1n) is 7.82. The molecule has 1 aliphatic heterocycles. The van der Waals surface area contributed by atoms with E-state index in [-0.39, 0.29) is 5.95 Å². The summed E-state index contributed by atoms with van der Waals surface area (Å²) in [6.45, 7) is 1.25. The van der Waals surface area contributed by atoms with Crippen molar-refractivity contribution >= 4 is 11.6 Å². The number of rotatable bonds is 2. The zero-order valence-electron chi connectivity index (χ0n) is 13.4. The first-order valence-corrected chi connectivity index (χ1v) is 7.82. The van der Waals surface area contributed by atoms with Gasteiger partial charge in [-0.2, -0.15) is 13.2 Å². The maximum atomic E-state index is 13.0. The lowest BCUT2D eigenvalue weighted by Gasteiger charge is -2.19. The van der Waals surface area contributed by atoms with Gasteiger partial charge >= 0.3 is 6.18 Å². The number of nitrogens with zero attached hydrogens (tertiary/aromatic N) is 2. The molecule has 134 valence electrons. The number of H-pyrrole nitrogens is 1. The Morgan fingerprint density at radius 2 is 1.96 bits per heavy atom. The topological polar surface area (TPSA) is 88.8 Å². The lowest BCUT2D eigenvalue weighted by Crippen LogP contribution is -2.17. The zero-order valence-corrected chi connectivity index (χ0v) is 13.4. The smallest absolute Gasteiger partial charge is 0.433 e. The molecule has 0 bridgehead atoms. The molecule has 0 saturated heterocycles. The second-order valence-electron chi connectivity index (χ2n) is 5.76. The van der Waals surface area contributed by atoms with Gasteiger partial charge in [0, 0.05) is 23.9 Å². The molecule has 3 aromatic rings. The van der Waals surface area contributed by atoms with Crippen LogP contribution >= 0.6 is 0 Å². The molecule has 0 atom stereocenters. The third-order valence-corrected chi connectivity index (χ3v) is 3.99. The molecule has 0 saturated carbocycles. The summed E-state index contributed by atoms with van der Waals surface area (Å²) in [5, 5.41) is 3.21. The molecule has 0 amide bonds. The predicted molar refractivity (Wildman–Crippen MR) is 90.7 cm³/mol. The van der Waals surface area contributed by atoms with Crippen molar-refractivity contribution in [1.82, 2.24) is 15.0 Å². The van der Waals surface area contributed by atoms with E-state index in [2.05, 4.69) is 20.3 Å². The average molecular weight is 361 g/mol. The number of hydrogen-bond acceptors (Lipinski definition) is 5. The Kier molecular flexibility index (Phi) is 3.71. The minimum atomic E-state index is -4.53. The van der Waals surface area contributed by atoms with Crippen molar-refractivity contribution in [2.45, 2.75) is 6.18 Å². The first kappa shape index (κ1) is 16.2. The molecule has 0 fully saturated rings. The highest BCUT2D eigenvalue weighted by atomic mass is 19.4. The highest BCUT2D eigenvalue weighted by Crippen LogP contribution is 2.37. The van der Waals surface area contributed by atoms with E-state index < -0.39 is 11.9 Å². The molecular weight excluding hydrogens is 347 g/mol. The molecule has 4 N–H and O–H groups in total. The van der Waals surface area contributed by atoms with E-state index in [1.165, 1.54) is 6.07 Å². The summed E-state index contributed by atoms with van der Waals surface area (Å²) in [7, 11) is 0. The van der Waals surface area contributed by atoms with E-state index in [0.717, 1.165) is 18.0 Å². The number of nitrogens with one attached hydrogen (secondary N) is 2. The number of alkyl halides is 3. The van der Waals surface area contributed by atoms with Crippen LogP contribution in [0.5, 0.6) is 5.75 Å². The van der Waals surface area contributed by atoms with E-state index in [1.807, 2.05) is 6.07 Å². The molecule has 9 heteroatoms. The molecule has 0 aliphatic carbocycles. The van der Waals surface area contributed by atoms with Crippen molar-refractivity contribution in [3.63, 3.8) is 0 Å². The van der Waals surface area contributed by atoms with Gasteiger partial charge in [-0.25, -0.2) is 4.98 Å². The number of pyridine rings is 1. The number of halogens is 3. The summed E-state index contributed by atoms with van der Waals surface area (Å²) in [5.74, 6) is 0.829. The van der Waals surface area contributed by atoms with Crippen LogP contribution in [-0.4, -0.2) is 28.1 Å². The van der Waals surface area contributed by atoms with Crippen LogP contribution in [0.2, 0.25) is 0 Å². The molecule has 0 unspecified atom stereocenters. The molecule has 1 aromatic carbocycles. The summed E-state index contributed by atoms with van der Waals surface area (Å²) in [4.78, 5) is 10.5. The van der Waals surface area contributed by atoms with Crippen molar-refractivity contribution in [2.24, 2.45) is 0 Å². The van der Waals surface area contributed by atoms with Crippen molar-refractivity contribution < 1.29 is 17.9 Å². The monoisotopic (exact) mass is 361 g/mol. The normalized spacial score (nSPS) is 13.7. The van der Waals surface area contributed by atoms with Crippen LogP contribution in [0.4, 0.5) is 24.8 Å². The maximum absolute atomic E-state index is 13.0. The van der Waals surface area contributed by atoms with E-state index in [0.29, 0.717) is 41.4 Å². The second-order valence-corrected chi connectivity index (χ2v) is 5.76. The number of imidazole rings is 1. The SMILES string of the molecule is Nc1nc(-c2ccc3c(c2)NCCO3)c(-c2ccnc(C(F)(F)F)c2)[nH]1. The zero-order chi connectivity index (χ0) is 18.3. The number of fused-ring (bicyclic) bond motifs is 1. The summed E-state index contributed by atoms with van der Waals surface area (Å²) in [6, 6.07) is 7.86. The molecule has 6 nitrogen and oxygen atoms in total. The number of nitrogens with two attached hydrogens (primary N) is 1. The van der Waals surface area contributed by atoms with Gasteiger partial charge in [-0.1, -0.05) is 0 Å². The molecule has 3 heterocycles. The Balaban J connectivity index is 1.81. The Labute approximate surface area is 146 Å². The van der Waals surface area contributed by atoms with Crippen LogP contribution in [0, 0.1) is 0 Å². The van der Waals surface area contributed by atoms with Crippen LogP contribution in [0.15, 0.2) is 36.5 Å². The van der Waals surface area contributed by atoms with E-state index in [9.17, 15) is 13.2 Å². The fourth-order valence-electron chi connectivity index (χ4n) is 2.84. The number of anilines is 2. The summed E-state index contributed by atoms with van der Waals surface area (Å²) >= 11 is 0. The lowest BCUT2D eigenvalue weighted by atomic mass is 10.0. The van der Waals surface area contributed by atoms with Gasteiger partial charge in [-0.3, -0.25) is 4.98 Å². The number of aromatic amines is 1. The number of aromatic nitrogens is 3. The Morgan fingerprint density at radius 1 is 1.12 bits per heavy atom. The fourth-order valence-corrected chi connectivity index (χ4v) is 2.84. The van der Waals surface area contributed by atoms with Crippen molar-refractivity contribution in [2.75, 3.05) is 24.2 Å². The van der Waals surface area contributed by atoms with Crippen LogP contribution < -0.4 is 15.8 Å². The number of nitrogen functional groups attached to an aromatic ring is 1. The molecule has 2 aromatic heterocycles. The van der Waals surface area contributed by atoms with Crippen molar-refractivity contribution in [3.8, 4) is 28.3 Å². The number of benzene rings is 1. The summed E-state index contributed by atoms with van der Waals surface area (Å²) < 4.78 is 44.4. The third-order valence-electron chi connectivity index (χ3n) is 3.99. The van der Waals surface area contributed by atoms with Crippen LogP contribution in [0.1, 0.15) is 5.69 Å². The van der Waals surface area contributed by atoms with Gasteiger partial charge < -0.3 is 20.8 Å². The largest absolute Gasteiger partial charge is 0.490 e. The summed E-state index contributed by atoms with van der Waals surface area (Å²) in [6.07, 6.45) is -3.42. The lowest BCUT2D eigenvalue weighted by molar-refractivity contribution is -0.141. The van der Waals surface area contributed by atoms with Crippen LogP contribution in [0.25, 0.3) is 22.5 Å². The minimum absolute atomic E-state index is 0.113. The standard InChI is InChI=1S/C17H14F3N5O/c18-17(19,20)13-8-10(3-4-23-13)15-14(24-16(21)25-15)9-1-2-12-11(7-9)22-5-6-26-12/h1-4,7-8,22H,5-6H2,(H3,21,24,25). The van der Waals surface area contributed by atoms with E-state index in [4.69, 9.17) is 10.5 Å².